The molecule has 8 nitrogen and oxygen atoms in total. The number of ether oxygens (including phenoxy) is 2. The number of aliphatic hydroxyl groups is 1. The third-order valence-corrected chi connectivity index (χ3v) is 9.12. The Morgan fingerprint density at radius 1 is 1.28 bits per heavy atom. The highest BCUT2D eigenvalue weighted by Gasteiger charge is 2.79. The minimum atomic E-state index is -1.21. The van der Waals surface area contributed by atoms with Crippen LogP contribution in [0, 0.1) is 31.6 Å². The van der Waals surface area contributed by atoms with Crippen molar-refractivity contribution in [3.05, 3.63) is 54.6 Å². The largest absolute Gasteiger partial charge is 0.461 e. The molecule has 2 bridgehead atoms. The van der Waals surface area contributed by atoms with Gasteiger partial charge in [0.1, 0.15) is 24.2 Å². The zero-order valence-corrected chi connectivity index (χ0v) is 23.8. The van der Waals surface area contributed by atoms with Crippen molar-refractivity contribution in [1.29, 1.82) is 0 Å². The molecule has 1 N–H and O–H groups in total. The molecule has 212 valence electrons. The first kappa shape index (κ1) is 29.0. The second-order valence-corrected chi connectivity index (χ2v) is 11.6. The van der Waals surface area contributed by atoms with Gasteiger partial charge in [0.2, 0.25) is 5.91 Å². The predicted octanol–water partition coefficient (Wildman–Crippen LogP) is 3.72. The molecule has 2 amide bonds. The number of nitrogens with zero attached hydrogens (tertiary/aromatic N) is 2. The van der Waals surface area contributed by atoms with E-state index in [1.165, 1.54) is 6.08 Å². The lowest BCUT2D eigenvalue weighted by Gasteiger charge is -2.41. The average molecular weight is 539 g/mol. The van der Waals surface area contributed by atoms with Gasteiger partial charge in [0.25, 0.3) is 5.91 Å². The molecule has 4 rings (SSSR count). The summed E-state index contributed by atoms with van der Waals surface area (Å²) in [5.74, 6) is -2.99. The molecule has 1 spiro atoms. The summed E-state index contributed by atoms with van der Waals surface area (Å²) in [7, 11) is 0. The highest BCUT2D eigenvalue weighted by molar-refractivity contribution is 6.05. The Labute approximate surface area is 231 Å². The Balaban J connectivity index is 1.88. The number of esters is 1. The zero-order valence-electron chi connectivity index (χ0n) is 23.8. The Hall–Kier alpha value is -2.97. The number of carbonyl (C=O) groups is 3. The van der Waals surface area contributed by atoms with Crippen LogP contribution in [-0.2, 0) is 23.9 Å². The summed E-state index contributed by atoms with van der Waals surface area (Å²) in [6.07, 6.45) is 4.81. The van der Waals surface area contributed by atoms with E-state index in [1.807, 2.05) is 52.8 Å². The minimum Gasteiger partial charge on any atom is -0.461 e. The summed E-state index contributed by atoms with van der Waals surface area (Å²) >= 11 is 0. The van der Waals surface area contributed by atoms with Crippen LogP contribution in [0.25, 0.3) is 0 Å². The van der Waals surface area contributed by atoms with Gasteiger partial charge in [-0.05, 0) is 56.7 Å². The van der Waals surface area contributed by atoms with Crippen LogP contribution in [0.1, 0.15) is 51.2 Å². The lowest BCUT2D eigenvalue weighted by Crippen LogP contribution is -2.60. The third-order valence-electron chi connectivity index (χ3n) is 9.12. The van der Waals surface area contributed by atoms with Crippen molar-refractivity contribution in [2.45, 2.75) is 77.2 Å². The van der Waals surface area contributed by atoms with Crippen LogP contribution in [0.3, 0.4) is 0 Å². The number of fused-ring (bicyclic) bond motifs is 1. The van der Waals surface area contributed by atoms with Crippen LogP contribution in [0.5, 0.6) is 0 Å². The fraction of sp³-hybridized carbons (Fsp3) is 0.581. The summed E-state index contributed by atoms with van der Waals surface area (Å²) in [6.45, 7) is 17.2. The molecule has 3 heterocycles. The van der Waals surface area contributed by atoms with Gasteiger partial charge in [0.15, 0.2) is 0 Å². The summed E-state index contributed by atoms with van der Waals surface area (Å²) < 4.78 is 12.2. The van der Waals surface area contributed by atoms with Crippen LogP contribution < -0.4 is 4.90 Å². The fourth-order valence-electron chi connectivity index (χ4n) is 7.00. The first-order valence-electron chi connectivity index (χ1n) is 13.9. The van der Waals surface area contributed by atoms with Gasteiger partial charge < -0.3 is 24.4 Å². The summed E-state index contributed by atoms with van der Waals surface area (Å²) in [6, 6.07) is 4.28. The van der Waals surface area contributed by atoms with E-state index in [1.54, 1.807) is 15.9 Å². The van der Waals surface area contributed by atoms with Crippen molar-refractivity contribution in [2.75, 3.05) is 24.7 Å². The Kier molecular flexibility index (Phi) is 8.11. The topological polar surface area (TPSA) is 96.4 Å². The van der Waals surface area contributed by atoms with Crippen molar-refractivity contribution in [1.82, 2.24) is 4.90 Å². The monoisotopic (exact) mass is 538 g/mol. The Morgan fingerprint density at radius 3 is 2.62 bits per heavy atom. The SMILES string of the molecule is C=CCOC(=O)[C@@H]1[C@H]2C(=O)N([C@@H](CO)[C@@H](C)CC)C(C(=O)N(CC=C)c3cc(C)ccc3C)C23CC[C@@]1(C)O3. The molecule has 3 aliphatic rings. The second-order valence-electron chi connectivity index (χ2n) is 11.6. The van der Waals surface area contributed by atoms with Gasteiger partial charge in [-0.3, -0.25) is 14.4 Å². The maximum absolute atomic E-state index is 14.8. The molecule has 2 unspecified atom stereocenters. The van der Waals surface area contributed by atoms with E-state index in [9.17, 15) is 19.5 Å². The molecular weight excluding hydrogens is 496 g/mol. The molecule has 8 heteroatoms. The minimum absolute atomic E-state index is 0.0251. The lowest BCUT2D eigenvalue weighted by atomic mass is 9.66. The highest BCUT2D eigenvalue weighted by atomic mass is 16.6. The Bertz CT molecular complexity index is 1170. The van der Waals surface area contributed by atoms with E-state index in [-0.39, 0.29) is 37.5 Å². The molecule has 1 aromatic rings. The van der Waals surface area contributed by atoms with Gasteiger partial charge in [-0.2, -0.15) is 0 Å². The second kappa shape index (κ2) is 10.9. The van der Waals surface area contributed by atoms with Crippen molar-refractivity contribution in [2.24, 2.45) is 17.8 Å². The van der Waals surface area contributed by atoms with Crippen molar-refractivity contribution < 1.29 is 29.0 Å². The van der Waals surface area contributed by atoms with Crippen LogP contribution in [0.2, 0.25) is 0 Å². The number of likely N-dealkylation sites (tertiary alicyclic amines) is 1. The molecule has 7 atom stereocenters. The van der Waals surface area contributed by atoms with Crippen LogP contribution >= 0.6 is 0 Å². The van der Waals surface area contributed by atoms with E-state index in [0.717, 1.165) is 16.8 Å². The number of hydrogen-bond donors (Lipinski definition) is 1. The molecule has 3 fully saturated rings. The molecule has 0 aliphatic carbocycles. The van der Waals surface area contributed by atoms with Gasteiger partial charge in [-0.15, -0.1) is 6.58 Å². The van der Waals surface area contributed by atoms with Gasteiger partial charge in [-0.1, -0.05) is 51.1 Å². The number of hydrogen-bond acceptors (Lipinski definition) is 6. The average Bonchev–Trinajstić information content (AvgIpc) is 3.48. The standard InChI is InChI=1S/C31H42N2O6/c1-8-15-32(22-17-19(4)11-12-21(22)6)28(36)26-31-14-13-30(7,39-31)25(29(37)38-16-9-2)24(31)27(35)33(26)23(18-34)20(5)10-3/h8-9,11-12,17,20,23-26,34H,1-2,10,13-16,18H2,3-7H3/t20-,23-,24-,25-,26?,30+,31?/m0/s1. The van der Waals surface area contributed by atoms with Crippen molar-refractivity contribution in [3.8, 4) is 0 Å². The smallest absolute Gasteiger partial charge is 0.313 e. The molecule has 1 aromatic carbocycles. The van der Waals surface area contributed by atoms with E-state index < -0.39 is 41.1 Å². The predicted molar refractivity (Wildman–Crippen MR) is 149 cm³/mol. The quantitative estimate of drug-likeness (QED) is 0.341. The maximum atomic E-state index is 14.8. The number of carbonyl (C=O) groups excluding carboxylic acids is 3. The van der Waals surface area contributed by atoms with Crippen LogP contribution in [-0.4, -0.2) is 70.8 Å². The normalized spacial score (nSPS) is 30.6. The summed E-state index contributed by atoms with van der Waals surface area (Å²) in [5.41, 5.74) is 0.499. The molecule has 0 saturated carbocycles. The number of anilines is 1. The molecule has 0 aromatic heterocycles. The molecule has 0 radical (unpaired) electrons. The maximum Gasteiger partial charge on any atom is 0.313 e. The van der Waals surface area contributed by atoms with Gasteiger partial charge in [-0.25, -0.2) is 0 Å². The van der Waals surface area contributed by atoms with E-state index in [4.69, 9.17) is 9.47 Å². The first-order chi connectivity index (χ1) is 18.5. The third kappa shape index (κ3) is 4.51. The molecular formula is C31H42N2O6. The highest BCUT2D eigenvalue weighted by Crippen LogP contribution is 2.64. The molecule has 3 aliphatic heterocycles. The summed E-state index contributed by atoms with van der Waals surface area (Å²) in [5, 5.41) is 10.5. The Morgan fingerprint density at radius 2 is 2.00 bits per heavy atom. The van der Waals surface area contributed by atoms with Crippen LogP contribution in [0.15, 0.2) is 43.5 Å². The van der Waals surface area contributed by atoms with Gasteiger partial charge >= 0.3 is 5.97 Å². The van der Waals surface area contributed by atoms with Gasteiger partial charge in [0, 0.05) is 12.2 Å². The lowest BCUT2D eigenvalue weighted by molar-refractivity contribution is -0.160. The van der Waals surface area contributed by atoms with Crippen LogP contribution in [0.4, 0.5) is 5.69 Å². The van der Waals surface area contributed by atoms with Crippen molar-refractivity contribution >= 4 is 23.5 Å². The number of aliphatic hydroxyl groups excluding tert-OH is 1. The fourth-order valence-corrected chi connectivity index (χ4v) is 7.00. The van der Waals surface area contributed by atoms with Crippen molar-refractivity contribution in [3.63, 3.8) is 0 Å². The first-order valence-corrected chi connectivity index (χ1v) is 13.9. The van der Waals surface area contributed by atoms with E-state index >= 15 is 0 Å². The molecule has 39 heavy (non-hydrogen) atoms. The summed E-state index contributed by atoms with van der Waals surface area (Å²) in [4.78, 5) is 45.7. The zero-order chi connectivity index (χ0) is 28.7. The number of amides is 2. The number of aryl methyl sites for hydroxylation is 2. The van der Waals surface area contributed by atoms with Gasteiger partial charge in [0.05, 0.1) is 24.2 Å². The molecule has 3 saturated heterocycles. The number of benzene rings is 1. The van der Waals surface area contributed by atoms with E-state index in [0.29, 0.717) is 19.3 Å². The number of rotatable bonds is 11. The van der Waals surface area contributed by atoms with E-state index in [2.05, 4.69) is 13.2 Å².